The summed E-state index contributed by atoms with van der Waals surface area (Å²) < 4.78 is 17.7. The van der Waals surface area contributed by atoms with E-state index in [0.717, 1.165) is 83.5 Å². The Bertz CT molecular complexity index is 1660. The van der Waals surface area contributed by atoms with Gasteiger partial charge in [-0.05, 0) is 96.3 Å². The molecule has 0 bridgehead atoms. The van der Waals surface area contributed by atoms with E-state index in [1.807, 2.05) is 6.08 Å². The van der Waals surface area contributed by atoms with Gasteiger partial charge in [0.25, 0.3) is 0 Å². The first-order chi connectivity index (χ1) is 41.7. The van der Waals surface area contributed by atoms with E-state index in [0.29, 0.717) is 12.8 Å². The molecular formula is C74H133NO10. The molecule has 8 unspecified atom stereocenters. The molecule has 85 heavy (non-hydrogen) atoms. The van der Waals surface area contributed by atoms with E-state index in [1.165, 1.54) is 193 Å². The molecule has 0 saturated carbocycles. The van der Waals surface area contributed by atoms with Gasteiger partial charge >= 0.3 is 5.97 Å². The first kappa shape index (κ1) is 80.1. The van der Waals surface area contributed by atoms with E-state index in [2.05, 4.69) is 86.8 Å². The number of unbranched alkanes of at least 4 members (excludes halogenated alkanes) is 37. The maximum absolute atomic E-state index is 13.5. The van der Waals surface area contributed by atoms with Gasteiger partial charge in [0, 0.05) is 6.42 Å². The van der Waals surface area contributed by atoms with Crippen LogP contribution in [0.15, 0.2) is 72.9 Å². The quantitative estimate of drug-likeness (QED) is 0.0195. The molecule has 494 valence electrons. The summed E-state index contributed by atoms with van der Waals surface area (Å²) in [5.41, 5.74) is 0. The largest absolute Gasteiger partial charge is 0.454 e. The van der Waals surface area contributed by atoms with Gasteiger partial charge in [-0.3, -0.25) is 9.59 Å². The Morgan fingerprint density at radius 1 is 0.459 bits per heavy atom. The van der Waals surface area contributed by atoms with Crippen LogP contribution in [0.4, 0.5) is 0 Å². The van der Waals surface area contributed by atoms with Crippen LogP contribution in [0.25, 0.3) is 0 Å². The zero-order valence-corrected chi connectivity index (χ0v) is 55.0. The Morgan fingerprint density at radius 2 is 0.812 bits per heavy atom. The minimum atomic E-state index is -1.62. The monoisotopic (exact) mass is 1200 g/mol. The number of carbonyl (C=O) groups is 2. The number of nitrogens with one attached hydrogen (secondary N) is 1. The maximum Gasteiger partial charge on any atom is 0.306 e. The Kier molecular flexibility index (Phi) is 57.8. The minimum Gasteiger partial charge on any atom is -0.454 e. The van der Waals surface area contributed by atoms with Crippen LogP contribution < -0.4 is 5.32 Å². The van der Waals surface area contributed by atoms with E-state index in [-0.39, 0.29) is 19.4 Å². The third-order valence-corrected chi connectivity index (χ3v) is 16.6. The summed E-state index contributed by atoms with van der Waals surface area (Å²) in [6.07, 6.45) is 69.3. The predicted molar refractivity (Wildman–Crippen MR) is 356 cm³/mol. The average molecular weight is 1200 g/mol. The molecule has 1 saturated heterocycles. The minimum absolute atomic E-state index is 0.120. The van der Waals surface area contributed by atoms with Gasteiger partial charge in [0.15, 0.2) is 12.4 Å². The second-order valence-corrected chi connectivity index (χ2v) is 24.6. The Morgan fingerprint density at radius 3 is 1.24 bits per heavy atom. The van der Waals surface area contributed by atoms with E-state index in [1.54, 1.807) is 6.08 Å². The van der Waals surface area contributed by atoms with Gasteiger partial charge in [0.05, 0.1) is 25.4 Å². The number of ether oxygens (including phenoxy) is 3. The molecular weight excluding hydrogens is 1060 g/mol. The second-order valence-electron chi connectivity index (χ2n) is 24.6. The Hall–Kier alpha value is -2.90. The number of aliphatic hydroxyl groups is 5. The van der Waals surface area contributed by atoms with Crippen LogP contribution in [0.5, 0.6) is 0 Å². The van der Waals surface area contributed by atoms with Crippen LogP contribution in [-0.4, -0.2) is 99.6 Å². The van der Waals surface area contributed by atoms with Crippen LogP contribution >= 0.6 is 0 Å². The van der Waals surface area contributed by atoms with Crippen molar-refractivity contribution in [1.82, 2.24) is 5.32 Å². The molecule has 1 aliphatic rings. The van der Waals surface area contributed by atoms with Gasteiger partial charge in [0.1, 0.15) is 24.4 Å². The molecule has 1 rings (SSSR count). The van der Waals surface area contributed by atoms with Crippen molar-refractivity contribution in [2.45, 2.75) is 372 Å². The highest BCUT2D eigenvalue weighted by molar-refractivity contribution is 5.80. The molecule has 1 heterocycles. The van der Waals surface area contributed by atoms with Crippen LogP contribution in [-0.2, 0) is 23.8 Å². The molecule has 8 atom stereocenters. The molecule has 11 heteroatoms. The smallest absolute Gasteiger partial charge is 0.306 e. The van der Waals surface area contributed by atoms with Gasteiger partial charge in [0.2, 0.25) is 5.91 Å². The summed E-state index contributed by atoms with van der Waals surface area (Å²) in [6.45, 7) is 5.77. The summed E-state index contributed by atoms with van der Waals surface area (Å²) in [5, 5.41) is 57.3. The third-order valence-electron chi connectivity index (χ3n) is 16.6. The van der Waals surface area contributed by atoms with Crippen LogP contribution in [0.2, 0.25) is 0 Å². The van der Waals surface area contributed by atoms with Crippen molar-refractivity contribution in [3.05, 3.63) is 72.9 Å². The molecule has 0 aromatic rings. The van der Waals surface area contributed by atoms with Gasteiger partial charge < -0.3 is 45.1 Å². The van der Waals surface area contributed by atoms with Gasteiger partial charge in [-0.2, -0.15) is 0 Å². The molecule has 0 radical (unpaired) electrons. The highest BCUT2D eigenvalue weighted by atomic mass is 16.7. The summed E-state index contributed by atoms with van der Waals surface area (Å²) in [5.74, 6) is -1.19. The van der Waals surface area contributed by atoms with Crippen molar-refractivity contribution in [2.75, 3.05) is 13.2 Å². The lowest BCUT2D eigenvalue weighted by atomic mass is 9.99. The lowest BCUT2D eigenvalue weighted by molar-refractivity contribution is -0.305. The topological polar surface area (TPSA) is 175 Å². The number of hydrogen-bond acceptors (Lipinski definition) is 10. The third kappa shape index (κ3) is 48.7. The molecule has 11 nitrogen and oxygen atoms in total. The number of rotatable bonds is 61. The van der Waals surface area contributed by atoms with Gasteiger partial charge in [-0.15, -0.1) is 0 Å². The molecule has 1 amide bonds. The van der Waals surface area contributed by atoms with Crippen molar-refractivity contribution >= 4 is 11.9 Å². The normalized spacial score (nSPS) is 18.8. The Balaban J connectivity index is 2.58. The number of aliphatic hydroxyl groups excluding tert-OH is 5. The van der Waals surface area contributed by atoms with E-state index in [4.69, 9.17) is 14.2 Å². The molecule has 0 spiro atoms. The van der Waals surface area contributed by atoms with Crippen LogP contribution in [0, 0.1) is 0 Å². The SMILES string of the molecule is CCCCC/C=C\C/C=C\C/C=C\CCCCCCCCCCCCCCC(=O)OC1C(OCC(NC(=O)C(O)CCCCCCCCCC/C=C\C/C=C\CCCCC)C(O)/C=C/CCCCCCCCCCCCC)OC(CO)C(O)C1O. The highest BCUT2D eigenvalue weighted by Gasteiger charge is 2.47. The second kappa shape index (κ2) is 61.3. The molecule has 6 N–H and O–H groups in total. The summed E-state index contributed by atoms with van der Waals surface area (Å²) in [7, 11) is 0. The van der Waals surface area contributed by atoms with Crippen molar-refractivity contribution in [2.24, 2.45) is 0 Å². The number of hydrogen-bond donors (Lipinski definition) is 6. The van der Waals surface area contributed by atoms with E-state index in [9.17, 15) is 35.1 Å². The number of allylic oxidation sites excluding steroid dienone is 11. The summed E-state index contributed by atoms with van der Waals surface area (Å²) >= 11 is 0. The van der Waals surface area contributed by atoms with Gasteiger partial charge in [-0.25, -0.2) is 0 Å². The number of amides is 1. The fourth-order valence-electron chi connectivity index (χ4n) is 10.9. The standard InChI is InChI=1S/C74H133NO10/c1-4-7-10-13-16-19-22-25-27-29-31-32-33-34-35-36-37-39-41-44-47-50-53-56-59-62-69(79)85-72-71(81)70(80)68(63-76)84-74(72)83-64-65(66(77)60-57-54-51-48-45-42-24-21-18-15-12-9-6-3)75-73(82)67(78)61-58-55-52-49-46-43-40-38-30-28-26-23-20-17-14-11-8-5-2/h16-17,19-20,25-28,31-32,57,60,65-68,70-72,74,76-78,80-81H,4-15,18,21-24,29-30,33-56,58-59,61-64H2,1-3H3,(H,75,82)/b19-16-,20-17-,27-25-,28-26-,32-31-,60-57+. The van der Waals surface area contributed by atoms with Crippen LogP contribution in [0.1, 0.15) is 323 Å². The van der Waals surface area contributed by atoms with E-state index >= 15 is 0 Å². The lowest BCUT2D eigenvalue weighted by Crippen LogP contribution is -2.61. The zero-order chi connectivity index (χ0) is 61.7. The molecule has 0 aromatic carbocycles. The highest BCUT2D eigenvalue weighted by Crippen LogP contribution is 2.26. The first-order valence-electron chi connectivity index (χ1n) is 35.7. The van der Waals surface area contributed by atoms with Crippen molar-refractivity contribution in [1.29, 1.82) is 0 Å². The lowest BCUT2D eigenvalue weighted by Gasteiger charge is -2.41. The maximum atomic E-state index is 13.5. The summed E-state index contributed by atoms with van der Waals surface area (Å²) in [4.78, 5) is 26.7. The van der Waals surface area contributed by atoms with Crippen molar-refractivity contribution < 1.29 is 49.3 Å². The Labute approximate surface area is 521 Å². The fraction of sp³-hybridized carbons (Fsp3) is 0.811. The molecule has 0 aliphatic carbocycles. The number of esters is 1. The predicted octanol–water partition coefficient (Wildman–Crippen LogP) is 18.3. The van der Waals surface area contributed by atoms with Crippen molar-refractivity contribution in [3.8, 4) is 0 Å². The average Bonchev–Trinajstić information content (AvgIpc) is 3.34. The van der Waals surface area contributed by atoms with Crippen LogP contribution in [0.3, 0.4) is 0 Å². The van der Waals surface area contributed by atoms with Gasteiger partial charge in [-0.1, -0.05) is 293 Å². The molecule has 0 aromatic heterocycles. The van der Waals surface area contributed by atoms with E-state index < -0.39 is 67.4 Å². The first-order valence-corrected chi connectivity index (χ1v) is 35.7. The number of carbonyl (C=O) groups excluding carboxylic acids is 2. The summed E-state index contributed by atoms with van der Waals surface area (Å²) in [6, 6.07) is -1.03. The van der Waals surface area contributed by atoms with Crippen molar-refractivity contribution in [3.63, 3.8) is 0 Å². The fourth-order valence-corrected chi connectivity index (χ4v) is 10.9. The molecule has 1 aliphatic heterocycles. The zero-order valence-electron chi connectivity index (χ0n) is 55.0. The molecule has 1 fully saturated rings.